The van der Waals surface area contributed by atoms with Crippen LogP contribution in [0, 0.1) is 0 Å². The first-order chi connectivity index (χ1) is 16.6. The number of urea groups is 1. The number of pyridine rings is 1. The first-order valence-electron chi connectivity index (χ1n) is 11.9. The zero-order valence-electron chi connectivity index (χ0n) is 19.6. The number of benzene rings is 2. The lowest BCUT2D eigenvalue weighted by molar-refractivity contribution is -0.908. The molecule has 3 N–H and O–H groups in total. The Labute approximate surface area is 199 Å². The number of para-hydroxylation sites is 1. The standard InChI is InChI=1S/C26H32N4O4/c1-2-34-23-9-10-24-20(18-23)17-21(25(31)28-24)19-30(12-6-11-29-13-15-33-16-14-29)26(32)27-22-7-4-3-5-8-22/h3-5,7-10,17-18H,2,6,11-16,19H2,1H3,(H,27,32)(H,28,31)/p+1. The van der Waals surface area contributed by atoms with Crippen molar-refractivity contribution in [3.63, 3.8) is 0 Å². The van der Waals surface area contributed by atoms with E-state index >= 15 is 0 Å². The highest BCUT2D eigenvalue weighted by molar-refractivity contribution is 5.89. The number of carbonyl (C=O) groups is 1. The van der Waals surface area contributed by atoms with Crippen LogP contribution in [0.2, 0.25) is 0 Å². The molecule has 4 rings (SSSR count). The van der Waals surface area contributed by atoms with Crippen LogP contribution in [0.1, 0.15) is 18.9 Å². The Kier molecular flexibility index (Phi) is 8.17. The van der Waals surface area contributed by atoms with Crippen LogP contribution in [0.4, 0.5) is 10.5 Å². The number of nitrogens with zero attached hydrogens (tertiary/aromatic N) is 1. The van der Waals surface area contributed by atoms with E-state index in [9.17, 15) is 9.59 Å². The highest BCUT2D eigenvalue weighted by Gasteiger charge is 2.19. The summed E-state index contributed by atoms with van der Waals surface area (Å²) in [5, 5.41) is 3.84. The fourth-order valence-corrected chi connectivity index (χ4v) is 4.22. The number of morpholine rings is 1. The Morgan fingerprint density at radius 1 is 1.15 bits per heavy atom. The van der Waals surface area contributed by atoms with Crippen molar-refractivity contribution in [3.8, 4) is 5.75 Å². The molecule has 2 amide bonds. The molecular weight excluding hydrogens is 432 g/mol. The number of fused-ring (bicyclic) bond motifs is 1. The molecule has 0 spiro atoms. The van der Waals surface area contributed by atoms with Crippen molar-refractivity contribution in [2.24, 2.45) is 0 Å². The predicted molar refractivity (Wildman–Crippen MR) is 133 cm³/mol. The third-order valence-electron chi connectivity index (χ3n) is 6.04. The number of quaternary nitrogens is 1. The summed E-state index contributed by atoms with van der Waals surface area (Å²) < 4.78 is 11.0. The first kappa shape index (κ1) is 23.8. The van der Waals surface area contributed by atoms with Gasteiger partial charge in [0.2, 0.25) is 0 Å². The summed E-state index contributed by atoms with van der Waals surface area (Å²) >= 11 is 0. The fourth-order valence-electron chi connectivity index (χ4n) is 4.22. The van der Waals surface area contributed by atoms with Gasteiger partial charge in [-0.15, -0.1) is 0 Å². The second-order valence-electron chi connectivity index (χ2n) is 8.49. The summed E-state index contributed by atoms with van der Waals surface area (Å²) in [6.07, 6.45) is 0.845. The number of ether oxygens (including phenoxy) is 2. The van der Waals surface area contributed by atoms with Crippen molar-refractivity contribution in [1.29, 1.82) is 0 Å². The summed E-state index contributed by atoms with van der Waals surface area (Å²) in [6.45, 7) is 7.79. The summed E-state index contributed by atoms with van der Waals surface area (Å²) in [7, 11) is 0. The van der Waals surface area contributed by atoms with E-state index in [1.54, 1.807) is 4.90 Å². The second-order valence-corrected chi connectivity index (χ2v) is 8.49. The molecule has 1 saturated heterocycles. The average Bonchev–Trinajstić information content (AvgIpc) is 2.85. The molecular formula is C26H33N4O4+. The van der Waals surface area contributed by atoms with Crippen molar-refractivity contribution < 1.29 is 19.2 Å². The number of amides is 2. The number of rotatable bonds is 9. The minimum absolute atomic E-state index is 0.187. The molecule has 0 radical (unpaired) electrons. The minimum atomic E-state index is -0.217. The summed E-state index contributed by atoms with van der Waals surface area (Å²) in [5.41, 5.74) is 1.83. The summed E-state index contributed by atoms with van der Waals surface area (Å²) in [5.74, 6) is 0.750. The van der Waals surface area contributed by atoms with E-state index < -0.39 is 0 Å². The van der Waals surface area contributed by atoms with E-state index in [4.69, 9.17) is 9.47 Å². The van der Waals surface area contributed by atoms with Gasteiger partial charge in [0, 0.05) is 35.1 Å². The molecule has 2 heterocycles. The van der Waals surface area contributed by atoms with Gasteiger partial charge in [-0.25, -0.2) is 4.79 Å². The van der Waals surface area contributed by atoms with Crippen LogP contribution in [0.5, 0.6) is 5.75 Å². The molecule has 0 unspecified atom stereocenters. The Bertz CT molecular complexity index is 1140. The molecule has 34 heavy (non-hydrogen) atoms. The smallest absolute Gasteiger partial charge is 0.322 e. The number of carbonyl (C=O) groups excluding carboxylic acids is 1. The van der Waals surface area contributed by atoms with Gasteiger partial charge in [-0.3, -0.25) is 4.79 Å². The third kappa shape index (κ3) is 6.36. The highest BCUT2D eigenvalue weighted by atomic mass is 16.5. The number of H-pyrrole nitrogens is 1. The molecule has 0 aliphatic carbocycles. The maximum Gasteiger partial charge on any atom is 0.322 e. The molecule has 1 aliphatic rings. The zero-order chi connectivity index (χ0) is 23.8. The Morgan fingerprint density at radius 2 is 1.94 bits per heavy atom. The minimum Gasteiger partial charge on any atom is -0.494 e. The third-order valence-corrected chi connectivity index (χ3v) is 6.04. The lowest BCUT2D eigenvalue weighted by atomic mass is 10.1. The SMILES string of the molecule is CCOc1ccc2[nH]c(=O)c(CN(CCC[NH+]3CCOCC3)C(=O)Nc3ccccc3)cc2c1. The van der Waals surface area contributed by atoms with Gasteiger partial charge in [0.25, 0.3) is 5.56 Å². The number of aromatic amines is 1. The van der Waals surface area contributed by atoms with Crippen LogP contribution in [-0.2, 0) is 11.3 Å². The van der Waals surface area contributed by atoms with E-state index in [-0.39, 0.29) is 18.1 Å². The highest BCUT2D eigenvalue weighted by Crippen LogP contribution is 2.20. The normalized spacial score (nSPS) is 14.1. The van der Waals surface area contributed by atoms with Gasteiger partial charge in [0.15, 0.2) is 0 Å². The first-order valence-corrected chi connectivity index (χ1v) is 11.9. The van der Waals surface area contributed by atoms with Crippen molar-refractivity contribution in [2.45, 2.75) is 19.9 Å². The second kappa shape index (κ2) is 11.7. The topological polar surface area (TPSA) is 88.1 Å². The van der Waals surface area contributed by atoms with E-state index in [2.05, 4.69) is 10.3 Å². The molecule has 3 aromatic rings. The van der Waals surface area contributed by atoms with E-state index in [1.165, 1.54) is 4.90 Å². The van der Waals surface area contributed by atoms with Crippen LogP contribution in [-0.4, -0.2) is 61.9 Å². The molecule has 1 fully saturated rings. The average molecular weight is 466 g/mol. The zero-order valence-corrected chi connectivity index (χ0v) is 19.6. The predicted octanol–water partition coefficient (Wildman–Crippen LogP) is 2.27. The molecule has 8 heteroatoms. The maximum atomic E-state index is 13.2. The number of nitrogens with one attached hydrogen (secondary N) is 3. The summed E-state index contributed by atoms with van der Waals surface area (Å²) in [4.78, 5) is 32.1. The van der Waals surface area contributed by atoms with Gasteiger partial charge in [0.1, 0.15) is 18.8 Å². The van der Waals surface area contributed by atoms with Gasteiger partial charge in [-0.2, -0.15) is 0 Å². The fraction of sp³-hybridized carbons (Fsp3) is 0.385. The summed E-state index contributed by atoms with van der Waals surface area (Å²) in [6, 6.07) is 16.6. The van der Waals surface area contributed by atoms with Crippen LogP contribution < -0.4 is 20.5 Å². The lowest BCUT2D eigenvalue weighted by Crippen LogP contribution is -3.14. The molecule has 8 nitrogen and oxygen atoms in total. The Balaban J connectivity index is 1.52. The van der Waals surface area contributed by atoms with Crippen LogP contribution in [0.15, 0.2) is 59.4 Å². The Morgan fingerprint density at radius 3 is 2.71 bits per heavy atom. The van der Waals surface area contributed by atoms with Crippen molar-refractivity contribution in [3.05, 3.63) is 70.5 Å². The molecule has 0 atom stereocenters. The van der Waals surface area contributed by atoms with Crippen LogP contribution in [0.25, 0.3) is 10.9 Å². The molecule has 0 saturated carbocycles. The van der Waals surface area contributed by atoms with Gasteiger partial charge < -0.3 is 29.6 Å². The van der Waals surface area contributed by atoms with Crippen molar-refractivity contribution in [2.75, 3.05) is 51.3 Å². The largest absolute Gasteiger partial charge is 0.494 e. The number of hydrogen-bond acceptors (Lipinski definition) is 4. The van der Waals surface area contributed by atoms with E-state index in [0.29, 0.717) is 18.7 Å². The molecule has 180 valence electrons. The van der Waals surface area contributed by atoms with Crippen molar-refractivity contribution >= 4 is 22.6 Å². The number of aromatic nitrogens is 1. The lowest BCUT2D eigenvalue weighted by Gasteiger charge is -2.26. The van der Waals surface area contributed by atoms with Crippen LogP contribution >= 0.6 is 0 Å². The van der Waals surface area contributed by atoms with Crippen molar-refractivity contribution in [1.82, 2.24) is 9.88 Å². The van der Waals surface area contributed by atoms with Crippen LogP contribution in [0.3, 0.4) is 0 Å². The monoisotopic (exact) mass is 465 g/mol. The molecule has 2 aromatic carbocycles. The van der Waals surface area contributed by atoms with E-state index in [1.807, 2.05) is 61.5 Å². The maximum absolute atomic E-state index is 13.2. The van der Waals surface area contributed by atoms with Gasteiger partial charge >= 0.3 is 6.03 Å². The quantitative estimate of drug-likeness (QED) is 0.452. The number of anilines is 1. The van der Waals surface area contributed by atoms with Gasteiger partial charge in [-0.1, -0.05) is 18.2 Å². The van der Waals surface area contributed by atoms with E-state index in [0.717, 1.165) is 61.6 Å². The Hall–Kier alpha value is -3.36. The number of hydrogen-bond donors (Lipinski definition) is 3. The molecule has 0 bridgehead atoms. The molecule has 1 aromatic heterocycles. The van der Waals surface area contributed by atoms with Gasteiger partial charge in [-0.05, 0) is 43.3 Å². The molecule has 1 aliphatic heterocycles. The van der Waals surface area contributed by atoms with Gasteiger partial charge in [0.05, 0.1) is 32.9 Å².